The Hall–Kier alpha value is -2.73. The molecule has 1 amide bonds. The molecule has 124 valence electrons. The van der Waals surface area contributed by atoms with Gasteiger partial charge >= 0.3 is 0 Å². The van der Waals surface area contributed by atoms with Crippen LogP contribution in [0, 0.1) is 5.82 Å². The highest BCUT2D eigenvalue weighted by molar-refractivity contribution is 5.87. The molecule has 0 radical (unpaired) electrons. The van der Waals surface area contributed by atoms with Crippen molar-refractivity contribution in [1.82, 2.24) is 15.3 Å². The van der Waals surface area contributed by atoms with Crippen LogP contribution < -0.4 is 5.32 Å². The molecular weight excluding hydrogens is 309 g/mol. The first-order valence-electron chi connectivity index (χ1n) is 7.68. The van der Waals surface area contributed by atoms with Crippen molar-refractivity contribution in [1.29, 1.82) is 0 Å². The monoisotopic (exact) mass is 327 g/mol. The topological polar surface area (TPSA) is 78.0 Å². The molecule has 2 heterocycles. The smallest absolute Gasteiger partial charge is 0.224 e. The number of aliphatic hydroxyl groups excluding tert-OH is 1. The maximum Gasteiger partial charge on any atom is 0.224 e. The highest BCUT2D eigenvalue weighted by atomic mass is 19.1. The molecule has 3 aromatic rings. The molecule has 5 nitrogen and oxygen atoms in total. The number of pyridine rings is 1. The zero-order valence-electron chi connectivity index (χ0n) is 13.2. The van der Waals surface area contributed by atoms with Crippen molar-refractivity contribution >= 4 is 16.9 Å². The van der Waals surface area contributed by atoms with E-state index in [1.54, 1.807) is 19.3 Å². The predicted molar refractivity (Wildman–Crippen MR) is 88.8 cm³/mol. The number of nitrogens with zero attached hydrogens (tertiary/aromatic N) is 1. The van der Waals surface area contributed by atoms with Crippen LogP contribution in [0.4, 0.5) is 4.39 Å². The lowest BCUT2D eigenvalue weighted by molar-refractivity contribution is -0.121. The Bertz CT molecular complexity index is 845. The van der Waals surface area contributed by atoms with Crippen LogP contribution in [-0.4, -0.2) is 27.0 Å². The second-order valence-corrected chi connectivity index (χ2v) is 5.74. The fourth-order valence-electron chi connectivity index (χ4n) is 2.66. The van der Waals surface area contributed by atoms with Gasteiger partial charge in [0.05, 0.1) is 18.6 Å². The minimum atomic E-state index is -0.904. The fourth-order valence-corrected chi connectivity index (χ4v) is 2.66. The number of amides is 1. The second-order valence-electron chi connectivity index (χ2n) is 5.74. The molecule has 0 fully saturated rings. The van der Waals surface area contributed by atoms with E-state index in [0.29, 0.717) is 5.56 Å². The van der Waals surface area contributed by atoms with Crippen molar-refractivity contribution in [2.75, 3.05) is 0 Å². The number of rotatable bonds is 5. The molecule has 1 aromatic carbocycles. The number of benzene rings is 1. The third-order valence-electron chi connectivity index (χ3n) is 3.96. The summed E-state index contributed by atoms with van der Waals surface area (Å²) < 4.78 is 12.9. The maximum absolute atomic E-state index is 12.9. The van der Waals surface area contributed by atoms with Crippen LogP contribution >= 0.6 is 0 Å². The first-order valence-corrected chi connectivity index (χ1v) is 7.68. The first kappa shape index (κ1) is 16.1. The van der Waals surface area contributed by atoms with Crippen LogP contribution in [-0.2, 0) is 11.2 Å². The second kappa shape index (κ2) is 6.80. The first-order chi connectivity index (χ1) is 11.5. The van der Waals surface area contributed by atoms with Gasteiger partial charge in [0.25, 0.3) is 0 Å². The van der Waals surface area contributed by atoms with Crippen LogP contribution in [0.1, 0.15) is 24.2 Å². The molecular formula is C18H18FN3O2. The van der Waals surface area contributed by atoms with Crippen LogP contribution in [0.15, 0.2) is 48.8 Å². The summed E-state index contributed by atoms with van der Waals surface area (Å²) in [6, 6.07) is 8.81. The van der Waals surface area contributed by atoms with Crippen molar-refractivity contribution in [2.45, 2.75) is 25.5 Å². The lowest BCUT2D eigenvalue weighted by atomic mass is 10.0. The van der Waals surface area contributed by atoms with Gasteiger partial charge in [-0.05, 0) is 42.3 Å². The number of H-pyrrole nitrogens is 1. The molecule has 0 saturated carbocycles. The largest absolute Gasteiger partial charge is 0.386 e. The summed E-state index contributed by atoms with van der Waals surface area (Å²) in [5.74, 6) is -0.566. The summed E-state index contributed by atoms with van der Waals surface area (Å²) in [6.45, 7) is 1.71. The molecule has 0 aliphatic carbocycles. The highest BCUT2D eigenvalue weighted by Crippen LogP contribution is 2.19. The lowest BCUT2D eigenvalue weighted by Crippen LogP contribution is -2.37. The van der Waals surface area contributed by atoms with Crippen LogP contribution in [0.5, 0.6) is 0 Å². The number of halogens is 1. The van der Waals surface area contributed by atoms with Gasteiger partial charge in [0.1, 0.15) is 11.5 Å². The van der Waals surface area contributed by atoms with E-state index in [0.717, 1.165) is 16.6 Å². The number of aliphatic hydroxyl groups is 1. The van der Waals surface area contributed by atoms with E-state index in [2.05, 4.69) is 15.3 Å². The Morgan fingerprint density at radius 3 is 2.83 bits per heavy atom. The molecule has 6 heteroatoms. The van der Waals surface area contributed by atoms with Gasteiger partial charge in [-0.25, -0.2) is 9.37 Å². The Morgan fingerprint density at radius 1 is 1.33 bits per heavy atom. The predicted octanol–water partition coefficient (Wildman–Crippen LogP) is 2.48. The molecule has 0 spiro atoms. The quantitative estimate of drug-likeness (QED) is 0.674. The van der Waals surface area contributed by atoms with Crippen molar-refractivity contribution < 1.29 is 14.3 Å². The van der Waals surface area contributed by atoms with Gasteiger partial charge < -0.3 is 15.4 Å². The number of aromatic amines is 1. The third kappa shape index (κ3) is 3.44. The van der Waals surface area contributed by atoms with Crippen LogP contribution in [0.3, 0.4) is 0 Å². The lowest BCUT2D eigenvalue weighted by Gasteiger charge is -2.20. The maximum atomic E-state index is 12.9. The van der Waals surface area contributed by atoms with E-state index < -0.39 is 12.1 Å². The summed E-state index contributed by atoms with van der Waals surface area (Å²) in [5, 5.41) is 14.0. The molecule has 2 aromatic heterocycles. The van der Waals surface area contributed by atoms with E-state index in [4.69, 9.17) is 0 Å². The Morgan fingerprint density at radius 2 is 2.08 bits per heavy atom. The van der Waals surface area contributed by atoms with E-state index >= 15 is 0 Å². The number of aromatic nitrogens is 2. The molecule has 0 aliphatic rings. The number of carbonyl (C=O) groups is 1. The molecule has 0 saturated heterocycles. The molecule has 2 atom stereocenters. The van der Waals surface area contributed by atoms with Crippen molar-refractivity contribution in [3.63, 3.8) is 0 Å². The number of hydrogen-bond donors (Lipinski definition) is 3. The minimum absolute atomic E-state index is 0.187. The minimum Gasteiger partial charge on any atom is -0.386 e. The summed E-state index contributed by atoms with van der Waals surface area (Å²) in [7, 11) is 0. The van der Waals surface area contributed by atoms with E-state index in [-0.39, 0.29) is 18.1 Å². The molecule has 0 bridgehead atoms. The highest BCUT2D eigenvalue weighted by Gasteiger charge is 2.19. The average molecular weight is 327 g/mol. The zero-order chi connectivity index (χ0) is 17.1. The van der Waals surface area contributed by atoms with Gasteiger partial charge in [-0.2, -0.15) is 0 Å². The van der Waals surface area contributed by atoms with Gasteiger partial charge in [-0.15, -0.1) is 0 Å². The average Bonchev–Trinajstić information content (AvgIpc) is 2.98. The molecule has 3 rings (SSSR count). The number of nitrogens with one attached hydrogen (secondary N) is 2. The number of fused-ring (bicyclic) bond motifs is 1. The summed E-state index contributed by atoms with van der Waals surface area (Å²) >= 11 is 0. The summed E-state index contributed by atoms with van der Waals surface area (Å²) in [4.78, 5) is 19.4. The van der Waals surface area contributed by atoms with Gasteiger partial charge in [-0.3, -0.25) is 4.79 Å². The normalized spacial score (nSPS) is 13.6. The Balaban J connectivity index is 1.64. The van der Waals surface area contributed by atoms with Crippen LogP contribution in [0.2, 0.25) is 0 Å². The molecule has 2 unspecified atom stereocenters. The van der Waals surface area contributed by atoms with Gasteiger partial charge in [0.15, 0.2) is 0 Å². The Labute approximate surface area is 138 Å². The number of hydrogen-bond acceptors (Lipinski definition) is 3. The zero-order valence-corrected chi connectivity index (χ0v) is 13.2. The fraction of sp³-hybridized carbons (Fsp3) is 0.222. The molecule has 24 heavy (non-hydrogen) atoms. The van der Waals surface area contributed by atoms with E-state index in [1.807, 2.05) is 12.1 Å². The van der Waals surface area contributed by atoms with Crippen molar-refractivity contribution in [3.8, 4) is 0 Å². The van der Waals surface area contributed by atoms with Crippen molar-refractivity contribution in [3.05, 3.63) is 65.7 Å². The van der Waals surface area contributed by atoms with Crippen molar-refractivity contribution in [2.24, 2.45) is 0 Å². The Kier molecular flexibility index (Phi) is 4.57. The van der Waals surface area contributed by atoms with Crippen LogP contribution in [0.25, 0.3) is 11.0 Å². The van der Waals surface area contributed by atoms with E-state index in [1.165, 1.54) is 24.3 Å². The summed E-state index contributed by atoms with van der Waals surface area (Å²) in [6.07, 6.45) is 2.73. The molecule has 0 aliphatic heterocycles. The van der Waals surface area contributed by atoms with Gasteiger partial charge in [-0.1, -0.05) is 12.1 Å². The SMILES string of the molecule is CC(NC(=O)Cc1c[nH]c2ncccc12)C(O)c1ccc(F)cc1. The number of carbonyl (C=O) groups excluding carboxylic acids is 1. The molecule has 3 N–H and O–H groups in total. The standard InChI is InChI=1S/C18H18FN3O2/c1-11(17(24)12-4-6-14(19)7-5-12)22-16(23)9-13-10-21-18-15(13)3-2-8-20-18/h2-8,10-11,17,24H,9H2,1H3,(H,20,21)(H,22,23). The van der Waals surface area contributed by atoms with Gasteiger partial charge in [0.2, 0.25) is 5.91 Å². The van der Waals surface area contributed by atoms with Gasteiger partial charge in [0, 0.05) is 17.8 Å². The third-order valence-corrected chi connectivity index (χ3v) is 3.96. The van der Waals surface area contributed by atoms with E-state index in [9.17, 15) is 14.3 Å². The summed E-state index contributed by atoms with van der Waals surface area (Å²) in [5.41, 5.74) is 2.14.